The number of amides is 1. The number of alkyl halides is 3. The highest BCUT2D eigenvalue weighted by molar-refractivity contribution is 6.33. The lowest BCUT2D eigenvalue weighted by Gasteiger charge is -2.39. The summed E-state index contributed by atoms with van der Waals surface area (Å²) in [6.45, 7) is 3.83. The number of piperidine rings is 1. The van der Waals surface area contributed by atoms with Gasteiger partial charge in [-0.15, -0.1) is 0 Å². The van der Waals surface area contributed by atoms with Gasteiger partial charge in [0, 0.05) is 44.0 Å². The first kappa shape index (κ1) is 25.5. The van der Waals surface area contributed by atoms with Gasteiger partial charge >= 0.3 is 6.18 Å². The van der Waals surface area contributed by atoms with Crippen molar-refractivity contribution >= 4 is 23.2 Å². The maximum absolute atomic E-state index is 13.3. The van der Waals surface area contributed by atoms with Gasteiger partial charge in [0.05, 0.1) is 23.0 Å². The first-order valence-electron chi connectivity index (χ1n) is 12.3. The second-order valence-electron chi connectivity index (χ2n) is 9.43. The van der Waals surface area contributed by atoms with Gasteiger partial charge in [0.1, 0.15) is 0 Å². The fraction of sp³-hybridized carbons (Fsp3) is 0.423. The van der Waals surface area contributed by atoms with Crippen LogP contribution in [0.5, 0.6) is 0 Å². The van der Waals surface area contributed by atoms with Crippen molar-refractivity contribution in [1.29, 1.82) is 0 Å². The van der Waals surface area contributed by atoms with Crippen LogP contribution in [0.2, 0.25) is 5.02 Å². The number of hydrogen-bond acceptors (Lipinski definition) is 6. The Kier molecular flexibility index (Phi) is 7.39. The first-order chi connectivity index (χ1) is 17.8. The van der Waals surface area contributed by atoms with Crippen molar-refractivity contribution in [2.45, 2.75) is 25.6 Å². The Morgan fingerprint density at radius 2 is 1.84 bits per heavy atom. The van der Waals surface area contributed by atoms with E-state index in [-0.39, 0.29) is 11.8 Å². The maximum Gasteiger partial charge on any atom is 0.416 e. The summed E-state index contributed by atoms with van der Waals surface area (Å²) in [6.07, 6.45) is -2.69. The summed E-state index contributed by atoms with van der Waals surface area (Å²) < 4.78 is 44.7. The lowest BCUT2D eigenvalue weighted by Crippen LogP contribution is -2.52. The average molecular weight is 534 g/mol. The standard InChI is InChI=1S/C26H27ClF3N5O2/c27-22-9-2-1-8-21(22)24-31-23(37-32-24)17-33-10-4-5-18(16-33)25(36)35-13-11-34(12-14-35)20-7-3-6-19(15-20)26(28,29)30/h1-3,6-9,15,18H,4-5,10-14,16-17H2. The van der Waals surface area contributed by atoms with Crippen molar-refractivity contribution in [1.82, 2.24) is 19.9 Å². The predicted molar refractivity (Wildman–Crippen MR) is 133 cm³/mol. The van der Waals surface area contributed by atoms with Gasteiger partial charge in [-0.3, -0.25) is 9.69 Å². The zero-order valence-electron chi connectivity index (χ0n) is 20.1. The molecule has 0 N–H and O–H groups in total. The summed E-state index contributed by atoms with van der Waals surface area (Å²) in [5, 5.41) is 4.60. The molecule has 1 aromatic heterocycles. The molecule has 2 saturated heterocycles. The van der Waals surface area contributed by atoms with Crippen LogP contribution in [0.4, 0.5) is 18.9 Å². The number of carbonyl (C=O) groups excluding carboxylic acids is 1. The lowest BCUT2D eigenvalue weighted by molar-refractivity contribution is -0.138. The van der Waals surface area contributed by atoms with E-state index in [9.17, 15) is 18.0 Å². The molecule has 0 aliphatic carbocycles. The Morgan fingerprint density at radius 3 is 2.59 bits per heavy atom. The molecule has 3 aromatic rings. The van der Waals surface area contributed by atoms with Gasteiger partial charge in [0.15, 0.2) is 0 Å². The summed E-state index contributed by atoms with van der Waals surface area (Å²) >= 11 is 6.23. The molecule has 1 atom stereocenters. The minimum Gasteiger partial charge on any atom is -0.368 e. The monoisotopic (exact) mass is 533 g/mol. The number of halogens is 4. The van der Waals surface area contributed by atoms with Crippen LogP contribution in [0.15, 0.2) is 53.1 Å². The number of hydrogen-bond donors (Lipinski definition) is 0. The van der Waals surface area contributed by atoms with Gasteiger partial charge in [-0.2, -0.15) is 18.2 Å². The first-order valence-corrected chi connectivity index (χ1v) is 12.7. The molecule has 3 heterocycles. The Hall–Kier alpha value is -3.11. The minimum absolute atomic E-state index is 0.0932. The third-order valence-corrected chi connectivity index (χ3v) is 7.26. The quantitative estimate of drug-likeness (QED) is 0.461. The molecule has 7 nitrogen and oxygen atoms in total. The molecular formula is C26H27ClF3N5O2. The Morgan fingerprint density at radius 1 is 1.05 bits per heavy atom. The third kappa shape index (κ3) is 5.91. The van der Waals surface area contributed by atoms with E-state index in [1.54, 1.807) is 12.1 Å². The number of likely N-dealkylation sites (tertiary alicyclic amines) is 1. The summed E-state index contributed by atoms with van der Waals surface area (Å²) in [4.78, 5) is 23.6. The molecule has 196 valence electrons. The topological polar surface area (TPSA) is 65.7 Å². The van der Waals surface area contributed by atoms with Crippen molar-refractivity contribution in [2.24, 2.45) is 5.92 Å². The molecule has 0 saturated carbocycles. The number of carbonyl (C=O) groups is 1. The molecule has 37 heavy (non-hydrogen) atoms. The highest BCUT2D eigenvalue weighted by Gasteiger charge is 2.33. The zero-order chi connectivity index (χ0) is 26.0. The summed E-state index contributed by atoms with van der Waals surface area (Å²) in [5.41, 5.74) is 0.572. The summed E-state index contributed by atoms with van der Waals surface area (Å²) in [7, 11) is 0. The minimum atomic E-state index is -4.38. The molecule has 2 aliphatic rings. The maximum atomic E-state index is 13.3. The van der Waals surface area contributed by atoms with Gasteiger partial charge in [-0.05, 0) is 49.7 Å². The van der Waals surface area contributed by atoms with E-state index in [4.69, 9.17) is 16.1 Å². The van der Waals surface area contributed by atoms with Crippen molar-refractivity contribution < 1.29 is 22.5 Å². The number of anilines is 1. The predicted octanol–water partition coefficient (Wildman–Crippen LogP) is 4.97. The number of nitrogens with zero attached hydrogens (tertiary/aromatic N) is 5. The van der Waals surface area contributed by atoms with Gasteiger partial charge < -0.3 is 14.3 Å². The van der Waals surface area contributed by atoms with Crippen LogP contribution in [0.25, 0.3) is 11.4 Å². The van der Waals surface area contributed by atoms with Crippen LogP contribution >= 0.6 is 11.6 Å². The van der Waals surface area contributed by atoms with E-state index in [0.717, 1.165) is 25.5 Å². The largest absolute Gasteiger partial charge is 0.416 e. The van der Waals surface area contributed by atoms with Crippen molar-refractivity contribution in [3.63, 3.8) is 0 Å². The number of piperazine rings is 1. The highest BCUT2D eigenvalue weighted by atomic mass is 35.5. The van der Waals surface area contributed by atoms with Crippen LogP contribution in [0, 0.1) is 5.92 Å². The highest BCUT2D eigenvalue weighted by Crippen LogP contribution is 2.32. The van der Waals surface area contributed by atoms with Gasteiger partial charge in [-0.25, -0.2) is 0 Å². The number of aromatic nitrogens is 2. The normalized spacial score (nSPS) is 19.3. The van der Waals surface area contributed by atoms with Crippen LogP contribution in [0.3, 0.4) is 0 Å². The lowest BCUT2D eigenvalue weighted by atomic mass is 9.96. The Labute approximate surface area is 217 Å². The van der Waals surface area contributed by atoms with Crippen LogP contribution in [0.1, 0.15) is 24.3 Å². The fourth-order valence-corrected chi connectivity index (χ4v) is 5.21. The summed E-state index contributed by atoms with van der Waals surface area (Å²) in [6, 6.07) is 12.6. The molecule has 5 rings (SSSR count). The molecule has 0 radical (unpaired) electrons. The Balaban J connectivity index is 1.15. The zero-order valence-corrected chi connectivity index (χ0v) is 20.9. The molecular weight excluding hydrogens is 507 g/mol. The smallest absolute Gasteiger partial charge is 0.368 e. The van der Waals surface area contributed by atoms with Crippen LogP contribution in [-0.4, -0.2) is 65.1 Å². The van der Waals surface area contributed by atoms with Gasteiger partial charge in [0.25, 0.3) is 0 Å². The SMILES string of the molecule is O=C(C1CCCN(Cc2nc(-c3ccccc3Cl)no2)C1)N1CCN(c2cccc(C(F)(F)F)c2)CC1. The average Bonchev–Trinajstić information content (AvgIpc) is 3.36. The molecule has 0 spiro atoms. The summed E-state index contributed by atoms with van der Waals surface area (Å²) in [5.74, 6) is 0.858. The van der Waals surface area contributed by atoms with Gasteiger partial charge in [-0.1, -0.05) is 35.0 Å². The molecule has 11 heteroatoms. The van der Waals surface area contributed by atoms with E-state index in [2.05, 4.69) is 15.0 Å². The molecule has 2 aromatic carbocycles. The number of benzene rings is 2. The molecule has 1 unspecified atom stereocenters. The Bertz CT molecular complexity index is 1240. The van der Waals surface area contributed by atoms with Crippen molar-refractivity contribution in [3.05, 3.63) is 65.0 Å². The second kappa shape index (κ2) is 10.7. The molecule has 0 bridgehead atoms. The second-order valence-corrected chi connectivity index (χ2v) is 9.83. The molecule has 1 amide bonds. The molecule has 2 fully saturated rings. The van der Waals surface area contributed by atoms with E-state index < -0.39 is 11.7 Å². The van der Waals surface area contributed by atoms with Crippen molar-refractivity contribution in [3.8, 4) is 11.4 Å². The molecule has 2 aliphatic heterocycles. The number of rotatable bonds is 5. The van der Waals surface area contributed by atoms with Crippen LogP contribution in [-0.2, 0) is 17.5 Å². The third-order valence-electron chi connectivity index (χ3n) is 6.93. The van der Waals surface area contributed by atoms with Crippen molar-refractivity contribution in [2.75, 3.05) is 44.2 Å². The fourth-order valence-electron chi connectivity index (χ4n) is 4.99. The van der Waals surface area contributed by atoms with E-state index in [1.165, 1.54) is 12.1 Å². The van der Waals surface area contributed by atoms with E-state index in [1.807, 2.05) is 28.0 Å². The van der Waals surface area contributed by atoms with Crippen LogP contribution < -0.4 is 4.90 Å². The van der Waals surface area contributed by atoms with E-state index >= 15 is 0 Å². The van der Waals surface area contributed by atoms with E-state index in [0.29, 0.717) is 67.3 Å². The van der Waals surface area contributed by atoms with Gasteiger partial charge in [0.2, 0.25) is 17.6 Å².